The minimum atomic E-state index is 0.513. The zero-order chi connectivity index (χ0) is 13.6. The van der Waals surface area contributed by atoms with Gasteiger partial charge in [0.15, 0.2) is 0 Å². The minimum Gasteiger partial charge on any atom is -0.319 e. The van der Waals surface area contributed by atoms with Crippen molar-refractivity contribution in [3.05, 3.63) is 35.9 Å². The van der Waals surface area contributed by atoms with Crippen molar-refractivity contribution in [3.63, 3.8) is 0 Å². The van der Waals surface area contributed by atoms with E-state index in [1.165, 1.54) is 37.8 Å². The molecular formula is C17H28N2. The molecule has 19 heavy (non-hydrogen) atoms. The summed E-state index contributed by atoms with van der Waals surface area (Å²) in [6.45, 7) is 6.91. The Morgan fingerprint density at radius 1 is 1.16 bits per heavy atom. The van der Waals surface area contributed by atoms with Crippen molar-refractivity contribution < 1.29 is 0 Å². The lowest BCUT2D eigenvalue weighted by Crippen LogP contribution is -2.41. The Kier molecular flexibility index (Phi) is 5.41. The molecule has 0 aliphatic heterocycles. The van der Waals surface area contributed by atoms with E-state index < -0.39 is 0 Å². The summed E-state index contributed by atoms with van der Waals surface area (Å²) in [6.07, 6.45) is 5.59. The van der Waals surface area contributed by atoms with E-state index in [4.69, 9.17) is 0 Å². The maximum atomic E-state index is 3.42. The Hall–Kier alpha value is -0.860. The van der Waals surface area contributed by atoms with Gasteiger partial charge >= 0.3 is 0 Å². The molecule has 0 radical (unpaired) electrons. The Morgan fingerprint density at radius 3 is 2.42 bits per heavy atom. The maximum absolute atomic E-state index is 3.42. The third kappa shape index (κ3) is 4.05. The molecule has 106 valence electrons. The predicted octanol–water partition coefficient (Wildman–Crippen LogP) is 3.29. The van der Waals surface area contributed by atoms with Gasteiger partial charge in [0, 0.05) is 19.6 Å². The fraction of sp³-hybridized carbons (Fsp3) is 0.647. The highest BCUT2D eigenvalue weighted by molar-refractivity contribution is 5.14. The molecule has 2 nitrogen and oxygen atoms in total. The quantitative estimate of drug-likeness (QED) is 0.809. The molecule has 1 fully saturated rings. The van der Waals surface area contributed by atoms with Crippen molar-refractivity contribution in [1.29, 1.82) is 0 Å². The molecule has 1 aromatic carbocycles. The average molecular weight is 260 g/mol. The summed E-state index contributed by atoms with van der Waals surface area (Å²) in [7, 11) is 2.09. The van der Waals surface area contributed by atoms with Gasteiger partial charge in [-0.15, -0.1) is 0 Å². The summed E-state index contributed by atoms with van der Waals surface area (Å²) >= 11 is 0. The molecule has 0 saturated heterocycles. The van der Waals surface area contributed by atoms with Gasteiger partial charge in [0.05, 0.1) is 0 Å². The van der Waals surface area contributed by atoms with Crippen LogP contribution in [0.2, 0.25) is 0 Å². The number of nitrogens with zero attached hydrogens (tertiary/aromatic N) is 1. The molecule has 0 unspecified atom stereocenters. The number of nitrogens with one attached hydrogen (secondary N) is 1. The molecule has 0 aromatic heterocycles. The van der Waals surface area contributed by atoms with E-state index in [2.05, 4.69) is 54.5 Å². The van der Waals surface area contributed by atoms with Crippen LogP contribution < -0.4 is 5.32 Å². The third-order valence-corrected chi connectivity index (χ3v) is 4.47. The van der Waals surface area contributed by atoms with Crippen LogP contribution in [0.3, 0.4) is 0 Å². The van der Waals surface area contributed by atoms with Crippen LogP contribution in [-0.4, -0.2) is 31.6 Å². The Morgan fingerprint density at radius 2 is 1.84 bits per heavy atom. The van der Waals surface area contributed by atoms with Gasteiger partial charge in [-0.2, -0.15) is 0 Å². The van der Waals surface area contributed by atoms with Crippen LogP contribution in [0, 0.1) is 5.41 Å². The lowest BCUT2D eigenvalue weighted by atomic mass is 9.85. The van der Waals surface area contributed by atoms with Crippen LogP contribution in [0.4, 0.5) is 0 Å². The molecule has 0 heterocycles. The highest BCUT2D eigenvalue weighted by Gasteiger charge is 2.34. The fourth-order valence-electron chi connectivity index (χ4n) is 3.49. The molecule has 2 rings (SSSR count). The Balaban J connectivity index is 1.97. The van der Waals surface area contributed by atoms with Crippen molar-refractivity contribution >= 4 is 0 Å². The van der Waals surface area contributed by atoms with Crippen LogP contribution in [0.25, 0.3) is 0 Å². The first-order valence-electron chi connectivity index (χ1n) is 7.69. The van der Waals surface area contributed by atoms with Crippen molar-refractivity contribution in [2.75, 3.05) is 26.7 Å². The van der Waals surface area contributed by atoms with Crippen LogP contribution in [-0.2, 0) is 6.54 Å². The van der Waals surface area contributed by atoms with E-state index in [-0.39, 0.29) is 0 Å². The van der Waals surface area contributed by atoms with Crippen LogP contribution in [0.15, 0.2) is 30.3 Å². The van der Waals surface area contributed by atoms with Gasteiger partial charge in [0.2, 0.25) is 0 Å². The highest BCUT2D eigenvalue weighted by Crippen LogP contribution is 2.38. The summed E-state index contributed by atoms with van der Waals surface area (Å²) in [5.74, 6) is 0. The number of hydrogen-bond donors (Lipinski definition) is 1. The molecule has 1 N–H and O–H groups in total. The third-order valence-electron chi connectivity index (χ3n) is 4.47. The van der Waals surface area contributed by atoms with Gasteiger partial charge < -0.3 is 5.32 Å². The van der Waals surface area contributed by atoms with E-state index in [0.717, 1.165) is 19.6 Å². The molecule has 1 aliphatic rings. The summed E-state index contributed by atoms with van der Waals surface area (Å²) in [4.78, 5) is 2.61. The molecule has 0 atom stereocenters. The van der Waals surface area contributed by atoms with Crippen molar-refractivity contribution in [2.45, 2.75) is 39.2 Å². The fourth-order valence-corrected chi connectivity index (χ4v) is 3.49. The first-order valence-corrected chi connectivity index (χ1v) is 7.69. The van der Waals surface area contributed by atoms with E-state index in [1.807, 2.05) is 0 Å². The maximum Gasteiger partial charge on any atom is 0.0233 e. The summed E-state index contributed by atoms with van der Waals surface area (Å²) in [5.41, 5.74) is 1.95. The zero-order valence-electron chi connectivity index (χ0n) is 12.5. The zero-order valence-corrected chi connectivity index (χ0v) is 12.5. The van der Waals surface area contributed by atoms with Gasteiger partial charge in [-0.3, -0.25) is 4.90 Å². The first-order chi connectivity index (χ1) is 9.28. The molecular weight excluding hydrogens is 232 g/mol. The topological polar surface area (TPSA) is 15.3 Å². The van der Waals surface area contributed by atoms with Crippen molar-refractivity contribution in [1.82, 2.24) is 10.2 Å². The van der Waals surface area contributed by atoms with Crippen molar-refractivity contribution in [2.24, 2.45) is 5.41 Å². The van der Waals surface area contributed by atoms with E-state index in [9.17, 15) is 0 Å². The monoisotopic (exact) mass is 260 g/mol. The average Bonchev–Trinajstić information content (AvgIpc) is 2.88. The molecule has 0 bridgehead atoms. The smallest absolute Gasteiger partial charge is 0.0233 e. The number of hydrogen-bond acceptors (Lipinski definition) is 2. The lowest BCUT2D eigenvalue weighted by Gasteiger charge is -2.35. The van der Waals surface area contributed by atoms with Gasteiger partial charge in [-0.05, 0) is 37.4 Å². The van der Waals surface area contributed by atoms with Crippen LogP contribution >= 0.6 is 0 Å². The second-order valence-corrected chi connectivity index (χ2v) is 6.03. The Bertz CT molecular complexity index is 355. The molecule has 1 aliphatic carbocycles. The van der Waals surface area contributed by atoms with Gasteiger partial charge in [-0.25, -0.2) is 0 Å². The molecule has 1 saturated carbocycles. The largest absolute Gasteiger partial charge is 0.319 e. The van der Waals surface area contributed by atoms with E-state index >= 15 is 0 Å². The Labute approximate surface area is 118 Å². The number of benzene rings is 1. The van der Waals surface area contributed by atoms with E-state index in [1.54, 1.807) is 0 Å². The summed E-state index contributed by atoms with van der Waals surface area (Å²) in [6, 6.07) is 10.9. The van der Waals surface area contributed by atoms with Gasteiger partial charge in [-0.1, -0.05) is 50.1 Å². The lowest BCUT2D eigenvalue weighted by molar-refractivity contribution is 0.150. The van der Waals surface area contributed by atoms with Crippen molar-refractivity contribution in [3.8, 4) is 0 Å². The SMILES string of the molecule is CCN(Cc1ccccc1)CC1(CNC)CCCC1. The second-order valence-electron chi connectivity index (χ2n) is 6.03. The van der Waals surface area contributed by atoms with Crippen LogP contribution in [0.5, 0.6) is 0 Å². The minimum absolute atomic E-state index is 0.513. The standard InChI is InChI=1S/C17H28N2/c1-3-19(13-16-9-5-4-6-10-16)15-17(14-18-2)11-7-8-12-17/h4-6,9-10,18H,3,7-8,11-15H2,1-2H3. The normalized spacial score (nSPS) is 18.1. The molecule has 2 heteroatoms. The van der Waals surface area contributed by atoms with Gasteiger partial charge in [0.25, 0.3) is 0 Å². The molecule has 1 aromatic rings. The summed E-state index contributed by atoms with van der Waals surface area (Å²) in [5, 5.41) is 3.42. The first kappa shape index (κ1) is 14.5. The van der Waals surface area contributed by atoms with Crippen LogP contribution in [0.1, 0.15) is 38.2 Å². The summed E-state index contributed by atoms with van der Waals surface area (Å²) < 4.78 is 0. The van der Waals surface area contributed by atoms with E-state index in [0.29, 0.717) is 5.41 Å². The molecule has 0 amide bonds. The number of rotatable bonds is 7. The molecule has 0 spiro atoms. The second kappa shape index (κ2) is 7.06. The highest BCUT2D eigenvalue weighted by atomic mass is 15.1. The van der Waals surface area contributed by atoms with Gasteiger partial charge in [0.1, 0.15) is 0 Å². The predicted molar refractivity (Wildman–Crippen MR) is 82.2 cm³/mol.